The Morgan fingerprint density at radius 2 is 2.12 bits per heavy atom. The smallest absolute Gasteiger partial charge is 0.227 e. The van der Waals surface area contributed by atoms with Crippen LogP contribution in [-0.2, 0) is 20.9 Å². The van der Waals surface area contributed by atoms with Crippen molar-refractivity contribution in [2.75, 3.05) is 33.4 Å². The molecule has 4 heterocycles. The first-order chi connectivity index (χ1) is 11.6. The van der Waals surface area contributed by atoms with E-state index in [9.17, 15) is 9.59 Å². The van der Waals surface area contributed by atoms with Gasteiger partial charge >= 0.3 is 0 Å². The molecule has 0 aliphatic carbocycles. The first-order valence-electron chi connectivity index (χ1n) is 8.40. The average molecular weight is 336 g/mol. The zero-order chi connectivity index (χ0) is 17.1. The third-order valence-corrected chi connectivity index (χ3v) is 4.93. The molecule has 0 N–H and O–H groups in total. The maximum atomic E-state index is 12.6. The molecule has 2 amide bonds. The zero-order valence-electron chi connectivity index (χ0n) is 14.2. The van der Waals surface area contributed by atoms with Crippen molar-refractivity contribution in [1.82, 2.24) is 30.0 Å². The Labute approximate surface area is 140 Å². The highest BCUT2D eigenvalue weighted by molar-refractivity contribution is 5.83. The van der Waals surface area contributed by atoms with Crippen LogP contribution >= 0.6 is 0 Å². The highest BCUT2D eigenvalue weighted by Gasteiger charge is 2.41. The molecule has 0 radical (unpaired) electrons. The molecule has 3 aliphatic heterocycles. The number of carbonyl (C=O) groups excluding carboxylic acids is 2. The Hall–Kier alpha value is -2.03. The van der Waals surface area contributed by atoms with Crippen LogP contribution in [0.3, 0.4) is 0 Å². The number of aryl methyl sites for hydroxylation is 2. The van der Waals surface area contributed by atoms with Gasteiger partial charge in [-0.3, -0.25) is 9.59 Å². The quantitative estimate of drug-likeness (QED) is 0.693. The molecule has 3 aliphatic rings. The van der Waals surface area contributed by atoms with Gasteiger partial charge in [-0.1, -0.05) is 0 Å². The molecular formula is C15H24N6O3. The fourth-order valence-corrected chi connectivity index (χ4v) is 3.54. The highest BCUT2D eigenvalue weighted by atomic mass is 16.5. The van der Waals surface area contributed by atoms with Crippen molar-refractivity contribution in [1.29, 1.82) is 0 Å². The maximum Gasteiger partial charge on any atom is 0.227 e. The largest absolute Gasteiger partial charge is 0.383 e. The van der Waals surface area contributed by atoms with E-state index in [1.54, 1.807) is 11.8 Å². The molecule has 0 spiro atoms. The van der Waals surface area contributed by atoms with Crippen molar-refractivity contribution in [3.63, 3.8) is 0 Å². The van der Waals surface area contributed by atoms with E-state index < -0.39 is 0 Å². The van der Waals surface area contributed by atoms with Gasteiger partial charge in [-0.05, 0) is 30.2 Å². The maximum absolute atomic E-state index is 12.6. The number of rotatable bonds is 6. The van der Waals surface area contributed by atoms with Gasteiger partial charge in [0.05, 0.1) is 19.1 Å². The normalized spacial score (nSPS) is 23.7. The SMILES string of the molecule is COCCN1C(=O)[C@H]2CC[C@@H]1CN(C(=O)CCn1nnnc1C)C2. The van der Waals surface area contributed by atoms with Gasteiger partial charge in [0.15, 0.2) is 0 Å². The van der Waals surface area contributed by atoms with E-state index in [1.807, 2.05) is 16.7 Å². The first kappa shape index (κ1) is 16.8. The second kappa shape index (κ2) is 7.25. The molecule has 2 bridgehead atoms. The van der Waals surface area contributed by atoms with Crippen LogP contribution in [0.5, 0.6) is 0 Å². The summed E-state index contributed by atoms with van der Waals surface area (Å²) in [5.41, 5.74) is 0. The number of ether oxygens (including phenoxy) is 1. The minimum Gasteiger partial charge on any atom is -0.383 e. The van der Waals surface area contributed by atoms with E-state index in [-0.39, 0.29) is 23.8 Å². The van der Waals surface area contributed by atoms with Gasteiger partial charge in [-0.25, -0.2) is 4.68 Å². The van der Waals surface area contributed by atoms with E-state index >= 15 is 0 Å². The van der Waals surface area contributed by atoms with E-state index in [4.69, 9.17) is 4.74 Å². The Morgan fingerprint density at radius 1 is 1.29 bits per heavy atom. The van der Waals surface area contributed by atoms with Gasteiger partial charge in [0, 0.05) is 39.2 Å². The molecule has 3 fully saturated rings. The molecule has 1 aromatic heterocycles. The predicted octanol–water partition coefficient (Wildman–Crippen LogP) is -0.533. The first-order valence-corrected chi connectivity index (χ1v) is 8.40. The third-order valence-electron chi connectivity index (χ3n) is 4.93. The lowest BCUT2D eigenvalue weighted by atomic mass is 9.94. The van der Waals surface area contributed by atoms with Gasteiger partial charge in [-0.15, -0.1) is 5.10 Å². The lowest BCUT2D eigenvalue weighted by Gasteiger charge is -2.35. The molecule has 9 nitrogen and oxygen atoms in total. The number of piperidine rings is 1. The summed E-state index contributed by atoms with van der Waals surface area (Å²) in [6.45, 7) is 4.53. The monoisotopic (exact) mass is 336 g/mol. The summed E-state index contributed by atoms with van der Waals surface area (Å²) in [4.78, 5) is 28.9. The summed E-state index contributed by atoms with van der Waals surface area (Å²) in [7, 11) is 1.64. The number of fused-ring (bicyclic) bond motifs is 4. The number of hydrogen-bond acceptors (Lipinski definition) is 6. The summed E-state index contributed by atoms with van der Waals surface area (Å²) < 4.78 is 6.74. The number of tetrazole rings is 1. The van der Waals surface area contributed by atoms with Crippen LogP contribution in [0.4, 0.5) is 0 Å². The Morgan fingerprint density at radius 3 is 2.83 bits per heavy atom. The second-order valence-corrected chi connectivity index (χ2v) is 6.45. The van der Waals surface area contributed by atoms with Crippen molar-refractivity contribution in [3.8, 4) is 0 Å². The number of carbonyl (C=O) groups is 2. The molecule has 132 valence electrons. The molecule has 2 atom stereocenters. The van der Waals surface area contributed by atoms with Crippen molar-refractivity contribution in [2.45, 2.75) is 38.8 Å². The Balaban J connectivity index is 1.62. The van der Waals surface area contributed by atoms with Gasteiger partial charge < -0.3 is 14.5 Å². The van der Waals surface area contributed by atoms with E-state index in [0.717, 1.165) is 12.8 Å². The van der Waals surface area contributed by atoms with Crippen LogP contribution in [0.25, 0.3) is 0 Å². The number of amides is 2. The van der Waals surface area contributed by atoms with Crippen LogP contribution in [0.2, 0.25) is 0 Å². The van der Waals surface area contributed by atoms with Gasteiger partial charge in [0.2, 0.25) is 11.8 Å². The zero-order valence-corrected chi connectivity index (χ0v) is 14.2. The van der Waals surface area contributed by atoms with E-state index in [0.29, 0.717) is 45.0 Å². The third kappa shape index (κ3) is 3.40. The van der Waals surface area contributed by atoms with E-state index in [1.165, 1.54) is 0 Å². The number of nitrogens with zero attached hydrogens (tertiary/aromatic N) is 6. The van der Waals surface area contributed by atoms with Crippen molar-refractivity contribution in [2.24, 2.45) is 5.92 Å². The predicted molar refractivity (Wildman–Crippen MR) is 83.9 cm³/mol. The molecule has 0 aromatic carbocycles. The van der Waals surface area contributed by atoms with Gasteiger partial charge in [0.25, 0.3) is 0 Å². The molecule has 0 saturated carbocycles. The Bertz CT molecular complexity index is 604. The topological polar surface area (TPSA) is 93.5 Å². The van der Waals surface area contributed by atoms with Crippen molar-refractivity contribution >= 4 is 11.8 Å². The summed E-state index contributed by atoms with van der Waals surface area (Å²) in [5.74, 6) is 0.831. The molecule has 9 heteroatoms. The number of hydrogen-bond donors (Lipinski definition) is 0. The standard InChI is InChI=1S/C15H24N6O3/c1-11-16-17-18-21(11)6-5-14(22)19-9-12-3-4-13(10-19)20(15(12)23)7-8-24-2/h12-13H,3-10H2,1-2H3/t12-,13+/m0/s1. The van der Waals surface area contributed by atoms with Gasteiger partial charge in [-0.2, -0.15) is 0 Å². The summed E-state index contributed by atoms with van der Waals surface area (Å²) in [5, 5.41) is 11.3. The second-order valence-electron chi connectivity index (χ2n) is 6.45. The molecule has 0 unspecified atom stereocenters. The number of aromatic nitrogens is 4. The summed E-state index contributed by atoms with van der Waals surface area (Å²) >= 11 is 0. The van der Waals surface area contributed by atoms with Crippen molar-refractivity contribution in [3.05, 3.63) is 5.82 Å². The average Bonchev–Trinajstić information content (AvgIpc) is 2.80. The van der Waals surface area contributed by atoms with Crippen LogP contribution in [0.1, 0.15) is 25.1 Å². The molecule has 1 aromatic rings. The van der Waals surface area contributed by atoms with Crippen LogP contribution < -0.4 is 0 Å². The van der Waals surface area contributed by atoms with E-state index in [2.05, 4.69) is 15.5 Å². The molecular weight excluding hydrogens is 312 g/mol. The fourth-order valence-electron chi connectivity index (χ4n) is 3.54. The summed E-state index contributed by atoms with van der Waals surface area (Å²) in [6.07, 6.45) is 2.16. The minimum atomic E-state index is -0.0840. The molecule has 3 saturated heterocycles. The lowest BCUT2D eigenvalue weighted by molar-refractivity contribution is -0.140. The fraction of sp³-hybridized carbons (Fsp3) is 0.800. The molecule has 24 heavy (non-hydrogen) atoms. The molecule has 4 rings (SSSR count). The van der Waals surface area contributed by atoms with Crippen LogP contribution in [0.15, 0.2) is 0 Å². The van der Waals surface area contributed by atoms with Gasteiger partial charge in [0.1, 0.15) is 5.82 Å². The van der Waals surface area contributed by atoms with Crippen molar-refractivity contribution < 1.29 is 14.3 Å². The number of methoxy groups -OCH3 is 1. The highest BCUT2D eigenvalue weighted by Crippen LogP contribution is 2.29. The summed E-state index contributed by atoms with van der Waals surface area (Å²) in [6, 6.07) is 0.102. The lowest BCUT2D eigenvalue weighted by Crippen LogP contribution is -2.49. The minimum absolute atomic E-state index is 0.0585. The Kier molecular flexibility index (Phi) is 5.08. The van der Waals surface area contributed by atoms with Crippen LogP contribution in [0, 0.1) is 12.8 Å². The van der Waals surface area contributed by atoms with Crippen LogP contribution in [-0.4, -0.2) is 81.2 Å².